The van der Waals surface area contributed by atoms with Gasteiger partial charge in [0.2, 0.25) is 0 Å². The summed E-state index contributed by atoms with van der Waals surface area (Å²) in [5, 5.41) is 6.90. The van der Waals surface area contributed by atoms with Crippen molar-refractivity contribution in [3.63, 3.8) is 0 Å². The number of methoxy groups -OCH3 is 1. The van der Waals surface area contributed by atoms with Crippen LogP contribution >= 0.6 is 12.2 Å². The molecule has 0 aliphatic heterocycles. The fourth-order valence-electron chi connectivity index (χ4n) is 1.36. The van der Waals surface area contributed by atoms with Gasteiger partial charge in [0.05, 0.1) is 6.10 Å². The third kappa shape index (κ3) is 5.15. The van der Waals surface area contributed by atoms with Gasteiger partial charge in [-0.15, -0.1) is 0 Å². The van der Waals surface area contributed by atoms with Crippen LogP contribution in [0.25, 0.3) is 0 Å². The van der Waals surface area contributed by atoms with Crippen molar-refractivity contribution in [2.24, 2.45) is 0 Å². The van der Waals surface area contributed by atoms with E-state index in [2.05, 4.69) is 29.7 Å². The lowest BCUT2D eigenvalue weighted by atomic mass is 10.1. The molecule has 0 fully saturated rings. The van der Waals surface area contributed by atoms with Crippen molar-refractivity contribution in [3.8, 4) is 0 Å². The van der Waals surface area contributed by atoms with Crippen molar-refractivity contribution >= 4 is 23.0 Å². The van der Waals surface area contributed by atoms with Gasteiger partial charge in [0, 0.05) is 19.3 Å². The van der Waals surface area contributed by atoms with Crippen LogP contribution in [-0.2, 0) is 11.2 Å². The van der Waals surface area contributed by atoms with Gasteiger partial charge in [-0.1, -0.05) is 19.1 Å². The van der Waals surface area contributed by atoms with Gasteiger partial charge in [0.25, 0.3) is 0 Å². The second-order valence-electron chi connectivity index (χ2n) is 3.94. The van der Waals surface area contributed by atoms with Gasteiger partial charge in [-0.05, 0) is 43.3 Å². The van der Waals surface area contributed by atoms with Crippen molar-refractivity contribution in [2.45, 2.75) is 26.4 Å². The number of ether oxygens (including phenoxy) is 1. The number of hydrogen-bond donors (Lipinski definition) is 2. The molecule has 0 saturated heterocycles. The number of anilines is 1. The summed E-state index contributed by atoms with van der Waals surface area (Å²) < 4.78 is 5.14. The van der Waals surface area contributed by atoms with Gasteiger partial charge in [-0.25, -0.2) is 0 Å². The minimum absolute atomic E-state index is 0.150. The van der Waals surface area contributed by atoms with E-state index in [1.807, 2.05) is 19.1 Å². The van der Waals surface area contributed by atoms with Crippen molar-refractivity contribution in [3.05, 3.63) is 29.8 Å². The molecule has 3 nitrogen and oxygen atoms in total. The summed E-state index contributed by atoms with van der Waals surface area (Å²) in [5.74, 6) is 0. The normalized spacial score (nSPS) is 11.9. The first kappa shape index (κ1) is 13.9. The molecule has 0 saturated carbocycles. The minimum atomic E-state index is 0.150. The molecule has 2 N–H and O–H groups in total. The highest BCUT2D eigenvalue weighted by atomic mass is 32.1. The SMILES string of the molecule is CCc1cccc(NC(=S)NCC(C)OC)c1. The van der Waals surface area contributed by atoms with Crippen LogP contribution in [0, 0.1) is 0 Å². The highest BCUT2D eigenvalue weighted by molar-refractivity contribution is 7.80. The van der Waals surface area contributed by atoms with E-state index < -0.39 is 0 Å². The molecular formula is C13H20N2OS. The summed E-state index contributed by atoms with van der Waals surface area (Å²) in [6.07, 6.45) is 1.17. The predicted octanol–water partition coefficient (Wildman–Crippen LogP) is 2.57. The van der Waals surface area contributed by atoms with E-state index in [1.54, 1.807) is 7.11 Å². The van der Waals surface area contributed by atoms with E-state index in [4.69, 9.17) is 17.0 Å². The molecule has 17 heavy (non-hydrogen) atoms. The molecule has 0 spiro atoms. The van der Waals surface area contributed by atoms with E-state index in [1.165, 1.54) is 5.56 Å². The maximum absolute atomic E-state index is 5.20. The number of benzene rings is 1. The third-order valence-electron chi connectivity index (χ3n) is 2.55. The average molecular weight is 252 g/mol. The predicted molar refractivity (Wildman–Crippen MR) is 76.5 cm³/mol. The standard InChI is InChI=1S/C13H20N2OS/c1-4-11-6-5-7-12(8-11)15-13(17)14-9-10(2)16-3/h5-8,10H,4,9H2,1-3H3,(H2,14,15,17). The summed E-state index contributed by atoms with van der Waals surface area (Å²) in [4.78, 5) is 0. The molecule has 1 rings (SSSR count). The first-order valence-corrected chi connectivity index (χ1v) is 6.23. The molecule has 94 valence electrons. The van der Waals surface area contributed by atoms with E-state index in [-0.39, 0.29) is 6.10 Å². The zero-order chi connectivity index (χ0) is 12.7. The lowest BCUT2D eigenvalue weighted by Crippen LogP contribution is -2.34. The van der Waals surface area contributed by atoms with Crippen LogP contribution in [0.1, 0.15) is 19.4 Å². The van der Waals surface area contributed by atoms with Gasteiger partial charge in [0.15, 0.2) is 5.11 Å². The zero-order valence-corrected chi connectivity index (χ0v) is 11.4. The number of rotatable bonds is 5. The number of thiocarbonyl (C=S) groups is 1. The Hall–Kier alpha value is -1.13. The van der Waals surface area contributed by atoms with E-state index in [0.29, 0.717) is 11.7 Å². The first-order chi connectivity index (χ1) is 8.15. The van der Waals surface area contributed by atoms with E-state index in [0.717, 1.165) is 12.1 Å². The number of aryl methyl sites for hydroxylation is 1. The fraction of sp³-hybridized carbons (Fsp3) is 0.462. The topological polar surface area (TPSA) is 33.3 Å². The fourth-order valence-corrected chi connectivity index (χ4v) is 1.57. The van der Waals surface area contributed by atoms with Crippen molar-refractivity contribution in [2.75, 3.05) is 19.0 Å². The maximum atomic E-state index is 5.20. The Bertz CT molecular complexity index is 368. The molecule has 0 bridgehead atoms. The van der Waals surface area contributed by atoms with Gasteiger partial charge in [-0.3, -0.25) is 0 Å². The smallest absolute Gasteiger partial charge is 0.170 e. The number of nitrogens with one attached hydrogen (secondary N) is 2. The largest absolute Gasteiger partial charge is 0.380 e. The van der Waals surface area contributed by atoms with Crippen LogP contribution < -0.4 is 10.6 Å². The highest BCUT2D eigenvalue weighted by Gasteiger charge is 2.01. The van der Waals surface area contributed by atoms with Crippen LogP contribution in [0.2, 0.25) is 0 Å². The molecule has 0 radical (unpaired) electrons. The second-order valence-corrected chi connectivity index (χ2v) is 4.34. The zero-order valence-electron chi connectivity index (χ0n) is 10.6. The van der Waals surface area contributed by atoms with Gasteiger partial charge < -0.3 is 15.4 Å². The lowest BCUT2D eigenvalue weighted by molar-refractivity contribution is 0.121. The van der Waals surface area contributed by atoms with Crippen LogP contribution in [0.3, 0.4) is 0 Å². The lowest BCUT2D eigenvalue weighted by Gasteiger charge is -2.14. The quantitative estimate of drug-likeness (QED) is 0.789. The van der Waals surface area contributed by atoms with Gasteiger partial charge in [0.1, 0.15) is 0 Å². The van der Waals surface area contributed by atoms with Crippen molar-refractivity contribution < 1.29 is 4.74 Å². The summed E-state index contributed by atoms with van der Waals surface area (Å²) in [6, 6.07) is 8.25. The van der Waals surface area contributed by atoms with Crippen molar-refractivity contribution in [1.82, 2.24) is 5.32 Å². The van der Waals surface area contributed by atoms with E-state index >= 15 is 0 Å². The minimum Gasteiger partial charge on any atom is -0.380 e. The molecule has 0 heterocycles. The Kier molecular flexibility index (Phi) is 5.94. The molecule has 0 aliphatic rings. The highest BCUT2D eigenvalue weighted by Crippen LogP contribution is 2.10. The molecule has 0 amide bonds. The molecule has 0 aromatic heterocycles. The molecule has 1 unspecified atom stereocenters. The Morgan fingerprint density at radius 3 is 2.88 bits per heavy atom. The second kappa shape index (κ2) is 7.25. The summed E-state index contributed by atoms with van der Waals surface area (Å²) >= 11 is 5.20. The Morgan fingerprint density at radius 2 is 2.24 bits per heavy atom. The Labute approximate surface area is 109 Å². The number of hydrogen-bond acceptors (Lipinski definition) is 2. The van der Waals surface area contributed by atoms with Crippen molar-refractivity contribution in [1.29, 1.82) is 0 Å². The summed E-state index contributed by atoms with van der Waals surface area (Å²) in [5.41, 5.74) is 2.31. The summed E-state index contributed by atoms with van der Waals surface area (Å²) in [7, 11) is 1.69. The van der Waals surface area contributed by atoms with Gasteiger partial charge in [-0.2, -0.15) is 0 Å². The van der Waals surface area contributed by atoms with E-state index in [9.17, 15) is 0 Å². The van der Waals surface area contributed by atoms with Crippen LogP contribution in [-0.4, -0.2) is 24.9 Å². The first-order valence-electron chi connectivity index (χ1n) is 5.82. The maximum Gasteiger partial charge on any atom is 0.170 e. The molecular weight excluding hydrogens is 232 g/mol. The average Bonchev–Trinajstić information content (AvgIpc) is 2.36. The van der Waals surface area contributed by atoms with Crippen LogP contribution in [0.4, 0.5) is 5.69 Å². The Balaban J connectivity index is 2.44. The van der Waals surface area contributed by atoms with Crippen LogP contribution in [0.15, 0.2) is 24.3 Å². The third-order valence-corrected chi connectivity index (χ3v) is 2.79. The molecule has 1 aromatic rings. The molecule has 1 aromatic carbocycles. The molecule has 1 atom stereocenters. The summed E-state index contributed by atoms with van der Waals surface area (Å²) in [6.45, 7) is 4.83. The Morgan fingerprint density at radius 1 is 1.47 bits per heavy atom. The molecule has 4 heteroatoms. The monoisotopic (exact) mass is 252 g/mol. The molecule has 0 aliphatic carbocycles. The van der Waals surface area contributed by atoms with Crippen LogP contribution in [0.5, 0.6) is 0 Å². The van der Waals surface area contributed by atoms with Gasteiger partial charge >= 0.3 is 0 Å².